The van der Waals surface area contributed by atoms with E-state index in [1.165, 1.54) is 0 Å². The average molecular weight is 743 g/mol. The van der Waals surface area contributed by atoms with Gasteiger partial charge in [0.05, 0.1) is 39.3 Å². The summed E-state index contributed by atoms with van der Waals surface area (Å²) < 4.78 is 43.8. The smallest absolute Gasteiger partial charge is 0.330 e. The molecule has 18 nitrogen and oxygen atoms in total. The number of phosphoric ester groups is 2. The van der Waals surface area contributed by atoms with E-state index in [1.54, 1.807) is 0 Å². The Labute approximate surface area is 286 Å². The summed E-state index contributed by atoms with van der Waals surface area (Å²) in [7, 11) is -8.48. The largest absolute Gasteiger partial charge is 0.475 e. The topological polar surface area (TPSA) is 239 Å². The van der Waals surface area contributed by atoms with Gasteiger partial charge in [-0.1, -0.05) is 60.7 Å². The van der Waals surface area contributed by atoms with Crippen molar-refractivity contribution >= 4 is 51.2 Å². The number of rotatable bonds is 18. The number of amides is 4. The predicted octanol–water partition coefficient (Wildman–Crippen LogP) is 3.42. The Hall–Kier alpha value is -4.12. The van der Waals surface area contributed by atoms with Crippen LogP contribution in [0.5, 0.6) is 0 Å². The van der Waals surface area contributed by atoms with E-state index in [0.29, 0.717) is 10.1 Å². The highest BCUT2D eigenvalue weighted by atomic mass is 31.2. The van der Waals surface area contributed by atoms with Crippen LogP contribution in [-0.4, -0.2) is 68.7 Å². The van der Waals surface area contributed by atoms with Crippen LogP contribution >= 0.6 is 15.6 Å². The third-order valence-corrected chi connectivity index (χ3v) is 8.33. The number of carbonyl (C=O) groups is 6. The first-order chi connectivity index (χ1) is 23.7. The number of phosphoric acid groups is 2. The van der Waals surface area contributed by atoms with Gasteiger partial charge in [-0.15, -0.1) is 10.1 Å². The number of benzene rings is 2. The van der Waals surface area contributed by atoms with Crippen LogP contribution in [0.2, 0.25) is 0 Å². The van der Waals surface area contributed by atoms with Gasteiger partial charge in [-0.3, -0.25) is 37.3 Å². The van der Waals surface area contributed by atoms with Crippen molar-refractivity contribution in [2.75, 3.05) is 13.2 Å². The maximum absolute atomic E-state index is 13.1. The van der Waals surface area contributed by atoms with Crippen LogP contribution in [0.25, 0.3) is 0 Å². The summed E-state index contributed by atoms with van der Waals surface area (Å²) in [4.78, 5) is 94.2. The fourth-order valence-corrected chi connectivity index (χ4v) is 5.53. The lowest BCUT2D eigenvalue weighted by molar-refractivity contribution is -0.197. The molecule has 0 spiro atoms. The minimum atomic E-state index is -4.55. The molecule has 2 saturated heterocycles. The Morgan fingerprint density at radius 2 is 0.940 bits per heavy atom. The lowest BCUT2D eigenvalue weighted by Gasteiger charge is -2.18. The Bertz CT molecular complexity index is 1500. The molecule has 50 heavy (non-hydrogen) atoms. The molecule has 0 aromatic heterocycles. The summed E-state index contributed by atoms with van der Waals surface area (Å²) in [6.45, 7) is -0.401. The van der Waals surface area contributed by atoms with Gasteiger partial charge in [0.2, 0.25) is 0 Å². The number of nitrogens with zero attached hydrogens (tertiary/aromatic N) is 2. The molecule has 2 N–H and O–H groups in total. The van der Waals surface area contributed by atoms with Gasteiger partial charge in [0.15, 0.2) is 0 Å². The molecule has 2 aliphatic rings. The molecule has 272 valence electrons. The quantitative estimate of drug-likeness (QED) is 0.126. The van der Waals surface area contributed by atoms with Crippen LogP contribution < -0.4 is 0 Å². The summed E-state index contributed by atoms with van der Waals surface area (Å²) in [6, 6.07) is 18.3. The number of imide groups is 2. The van der Waals surface area contributed by atoms with Gasteiger partial charge < -0.3 is 19.5 Å². The molecule has 2 aromatic carbocycles. The lowest BCUT2D eigenvalue weighted by Crippen LogP contribution is -2.32. The lowest BCUT2D eigenvalue weighted by atomic mass is 10.2. The van der Waals surface area contributed by atoms with Gasteiger partial charge in [0, 0.05) is 25.7 Å². The van der Waals surface area contributed by atoms with Crippen molar-refractivity contribution in [2.24, 2.45) is 0 Å². The van der Waals surface area contributed by atoms with E-state index in [2.05, 4.69) is 9.36 Å². The zero-order valence-electron chi connectivity index (χ0n) is 26.7. The van der Waals surface area contributed by atoms with E-state index in [0.717, 1.165) is 11.1 Å². The molecule has 0 aliphatic carbocycles. The Kier molecular flexibility index (Phi) is 16.1. The number of carbonyl (C=O) groups excluding carboxylic acids is 6. The van der Waals surface area contributed by atoms with Crippen LogP contribution in [0.15, 0.2) is 60.7 Å². The molecular formula is C30H36N2O16P2. The van der Waals surface area contributed by atoms with E-state index in [-0.39, 0.29) is 77.8 Å². The first-order valence-corrected chi connectivity index (χ1v) is 18.2. The van der Waals surface area contributed by atoms with Crippen LogP contribution in [0.3, 0.4) is 0 Å². The highest BCUT2D eigenvalue weighted by Gasteiger charge is 2.34. The van der Waals surface area contributed by atoms with Crippen LogP contribution in [-0.2, 0) is 78.9 Å². The second-order valence-electron chi connectivity index (χ2n) is 10.4. The molecule has 2 fully saturated rings. The summed E-state index contributed by atoms with van der Waals surface area (Å²) >= 11 is 0. The summed E-state index contributed by atoms with van der Waals surface area (Å²) in [5.41, 5.74) is 1.59. The molecule has 2 heterocycles. The van der Waals surface area contributed by atoms with Gasteiger partial charge in [-0.2, -0.15) is 0 Å². The van der Waals surface area contributed by atoms with Crippen LogP contribution in [0.1, 0.15) is 62.5 Å². The number of hydrogen-bond acceptors (Lipinski definition) is 14. The van der Waals surface area contributed by atoms with Crippen LogP contribution in [0, 0.1) is 0 Å². The first-order valence-electron chi connectivity index (χ1n) is 15.2. The molecule has 0 atom stereocenters. The molecule has 4 rings (SSSR count). The van der Waals surface area contributed by atoms with Crippen molar-refractivity contribution in [3.8, 4) is 0 Å². The van der Waals surface area contributed by atoms with Gasteiger partial charge in [0.1, 0.15) is 0 Å². The number of hydrogen-bond donors (Lipinski definition) is 2. The van der Waals surface area contributed by atoms with Gasteiger partial charge in [-0.05, 0) is 24.0 Å². The predicted molar refractivity (Wildman–Crippen MR) is 167 cm³/mol. The molecule has 4 amide bonds. The highest BCUT2D eigenvalue weighted by molar-refractivity contribution is 7.48. The zero-order valence-corrected chi connectivity index (χ0v) is 28.4. The molecule has 20 heteroatoms. The Morgan fingerprint density at radius 1 is 0.580 bits per heavy atom. The van der Waals surface area contributed by atoms with E-state index < -0.39 is 51.2 Å². The molecule has 0 unspecified atom stereocenters. The average Bonchev–Trinajstić information content (AvgIpc) is 3.58. The zero-order chi connectivity index (χ0) is 36.6. The standard InChI is InChI=1S/C22H24NO8P.C8H12NO8P/c24-20-13-14-21(25)23(20)31-22(26)12-7-15-28-32(27,29-16-18-8-3-1-4-9-18)30-17-19-10-5-2-6-11-19;10-6-3-4-7(11)9(6)17-8(12)2-1-5-16-18(13,14)15/h1-6,8-11H,7,12-17H2;1-5H2,(H2,13,14,15). The van der Waals surface area contributed by atoms with E-state index >= 15 is 0 Å². The molecule has 0 saturated carbocycles. The van der Waals surface area contributed by atoms with Crippen molar-refractivity contribution in [3.63, 3.8) is 0 Å². The van der Waals surface area contributed by atoms with E-state index in [9.17, 15) is 37.9 Å². The first kappa shape index (κ1) is 40.3. The Balaban J connectivity index is 0.000000319. The molecular weight excluding hydrogens is 706 g/mol. The van der Waals surface area contributed by atoms with Crippen molar-refractivity contribution < 1.29 is 75.5 Å². The van der Waals surface area contributed by atoms with Gasteiger partial charge in [-0.25, -0.2) is 18.7 Å². The minimum absolute atomic E-state index is 0.000163. The second kappa shape index (κ2) is 19.9. The van der Waals surface area contributed by atoms with Crippen molar-refractivity contribution in [1.29, 1.82) is 0 Å². The monoisotopic (exact) mass is 742 g/mol. The second-order valence-corrected chi connectivity index (χ2v) is 13.3. The normalized spacial score (nSPS) is 14.8. The van der Waals surface area contributed by atoms with Gasteiger partial charge >= 0.3 is 27.6 Å². The molecule has 0 radical (unpaired) electrons. The highest BCUT2D eigenvalue weighted by Crippen LogP contribution is 2.51. The van der Waals surface area contributed by atoms with Crippen molar-refractivity contribution in [3.05, 3.63) is 71.8 Å². The van der Waals surface area contributed by atoms with Crippen LogP contribution in [0.4, 0.5) is 0 Å². The maximum Gasteiger partial charge on any atom is 0.475 e. The minimum Gasteiger partial charge on any atom is -0.330 e. The molecule has 0 bridgehead atoms. The third kappa shape index (κ3) is 14.8. The summed E-state index contributed by atoms with van der Waals surface area (Å²) in [6.07, 6.45) is -0.180. The molecule has 2 aromatic rings. The fourth-order valence-electron chi connectivity index (χ4n) is 3.97. The van der Waals surface area contributed by atoms with E-state index in [4.69, 9.17) is 28.2 Å². The Morgan fingerprint density at radius 3 is 1.30 bits per heavy atom. The summed E-state index contributed by atoms with van der Waals surface area (Å²) in [5, 5.41) is 0.895. The van der Waals surface area contributed by atoms with Gasteiger partial charge in [0.25, 0.3) is 23.6 Å². The van der Waals surface area contributed by atoms with E-state index in [1.807, 2.05) is 60.7 Å². The third-order valence-electron chi connectivity index (χ3n) is 6.42. The summed E-state index contributed by atoms with van der Waals surface area (Å²) in [5.74, 6) is -3.87. The molecule has 2 aliphatic heterocycles. The van der Waals surface area contributed by atoms with Crippen molar-refractivity contribution in [1.82, 2.24) is 10.1 Å². The number of hydroxylamine groups is 4. The SMILES string of the molecule is O=C(CCCOP(=O)(O)O)ON1C(=O)CCC1=O.O=C(CCCOP(=O)(OCc1ccccc1)OCc1ccccc1)ON1C(=O)CCC1=O. The maximum atomic E-state index is 13.1. The van der Waals surface area contributed by atoms with Crippen molar-refractivity contribution in [2.45, 2.75) is 64.6 Å². The fraction of sp³-hybridized carbons (Fsp3) is 0.400.